The average Bonchev–Trinajstić information content (AvgIpc) is 2.52. The van der Waals surface area contributed by atoms with Crippen LogP contribution in [0, 0.1) is 0 Å². The molecule has 2 heteroatoms. The van der Waals surface area contributed by atoms with Gasteiger partial charge in [-0.25, -0.2) is 0 Å². The molecule has 21 heavy (non-hydrogen) atoms. The van der Waals surface area contributed by atoms with Gasteiger partial charge in [0, 0.05) is 19.1 Å². The maximum absolute atomic E-state index is 3.77. The van der Waals surface area contributed by atoms with Crippen molar-refractivity contribution >= 4 is 0 Å². The van der Waals surface area contributed by atoms with Gasteiger partial charge in [-0.05, 0) is 37.9 Å². The molecular weight excluding hydrogens is 256 g/mol. The number of piperidine rings is 1. The average molecular weight is 288 g/mol. The zero-order valence-electron chi connectivity index (χ0n) is 13.7. The number of nitrogens with one attached hydrogen (secondary N) is 1. The Labute approximate surface area is 130 Å². The highest BCUT2D eigenvalue weighted by molar-refractivity contribution is 5.14. The Kier molecular flexibility index (Phi) is 7.83. The Morgan fingerprint density at radius 2 is 1.90 bits per heavy atom. The molecule has 0 saturated carbocycles. The number of unbranched alkanes of at least 4 members (excludes halogenated alkanes) is 4. The van der Waals surface area contributed by atoms with Gasteiger partial charge >= 0.3 is 0 Å². The molecule has 1 aliphatic heterocycles. The van der Waals surface area contributed by atoms with Crippen molar-refractivity contribution in [3.63, 3.8) is 0 Å². The molecule has 1 N–H and O–H groups in total. The van der Waals surface area contributed by atoms with Crippen molar-refractivity contribution in [3.05, 3.63) is 35.9 Å². The normalized spacial score (nSPS) is 19.8. The first-order chi connectivity index (χ1) is 10.4. The third-order valence-electron chi connectivity index (χ3n) is 4.47. The summed E-state index contributed by atoms with van der Waals surface area (Å²) in [7, 11) is 0. The zero-order chi connectivity index (χ0) is 14.8. The second-order valence-electron chi connectivity index (χ2n) is 6.43. The SMILES string of the molecule is CCCCCCCNC1CCCN(Cc2ccccc2)C1. The van der Waals surface area contributed by atoms with Gasteiger partial charge in [0.2, 0.25) is 0 Å². The van der Waals surface area contributed by atoms with E-state index in [1.165, 1.54) is 70.1 Å². The van der Waals surface area contributed by atoms with E-state index in [0.29, 0.717) is 6.04 Å². The number of rotatable bonds is 9. The first kappa shape index (κ1) is 16.5. The van der Waals surface area contributed by atoms with Crippen LogP contribution in [0.1, 0.15) is 57.4 Å². The van der Waals surface area contributed by atoms with Crippen molar-refractivity contribution in [2.24, 2.45) is 0 Å². The molecule has 2 rings (SSSR count). The summed E-state index contributed by atoms with van der Waals surface area (Å²) in [5.74, 6) is 0. The standard InChI is InChI=1S/C19H32N2/c1-2-3-4-5-9-14-20-19-13-10-15-21(17-19)16-18-11-7-6-8-12-18/h6-8,11-12,19-20H,2-5,9-10,13-17H2,1H3. The van der Waals surface area contributed by atoms with Crippen molar-refractivity contribution in [3.8, 4) is 0 Å². The van der Waals surface area contributed by atoms with E-state index >= 15 is 0 Å². The molecule has 0 bridgehead atoms. The van der Waals surface area contributed by atoms with E-state index in [0.717, 1.165) is 6.54 Å². The predicted octanol–water partition coefficient (Wildman–Crippen LogP) is 4.21. The van der Waals surface area contributed by atoms with Crippen LogP contribution in [0.15, 0.2) is 30.3 Å². The Morgan fingerprint density at radius 3 is 2.71 bits per heavy atom. The Morgan fingerprint density at radius 1 is 1.10 bits per heavy atom. The van der Waals surface area contributed by atoms with Gasteiger partial charge in [-0.1, -0.05) is 62.9 Å². The molecule has 1 aromatic carbocycles. The summed E-state index contributed by atoms with van der Waals surface area (Å²) in [5.41, 5.74) is 1.44. The van der Waals surface area contributed by atoms with Gasteiger partial charge < -0.3 is 5.32 Å². The molecule has 118 valence electrons. The van der Waals surface area contributed by atoms with Gasteiger partial charge in [0.05, 0.1) is 0 Å². The third kappa shape index (κ3) is 6.62. The van der Waals surface area contributed by atoms with E-state index in [4.69, 9.17) is 0 Å². The molecule has 1 heterocycles. The van der Waals surface area contributed by atoms with Crippen LogP contribution in [0.25, 0.3) is 0 Å². The van der Waals surface area contributed by atoms with Gasteiger partial charge in [0.25, 0.3) is 0 Å². The van der Waals surface area contributed by atoms with Gasteiger partial charge in [-0.2, -0.15) is 0 Å². The monoisotopic (exact) mass is 288 g/mol. The largest absolute Gasteiger partial charge is 0.313 e. The van der Waals surface area contributed by atoms with Crippen molar-refractivity contribution in [1.29, 1.82) is 0 Å². The molecule has 2 nitrogen and oxygen atoms in total. The van der Waals surface area contributed by atoms with E-state index in [1.807, 2.05) is 0 Å². The summed E-state index contributed by atoms with van der Waals surface area (Å²) in [6, 6.07) is 11.6. The van der Waals surface area contributed by atoms with Crippen LogP contribution in [-0.2, 0) is 6.54 Å². The van der Waals surface area contributed by atoms with Crippen molar-refractivity contribution < 1.29 is 0 Å². The van der Waals surface area contributed by atoms with Crippen LogP contribution in [-0.4, -0.2) is 30.6 Å². The molecule has 0 aromatic heterocycles. The maximum atomic E-state index is 3.77. The van der Waals surface area contributed by atoms with Crippen LogP contribution in [0.3, 0.4) is 0 Å². The number of hydrogen-bond acceptors (Lipinski definition) is 2. The topological polar surface area (TPSA) is 15.3 Å². The molecule has 0 aliphatic carbocycles. The number of likely N-dealkylation sites (tertiary alicyclic amines) is 1. The lowest BCUT2D eigenvalue weighted by atomic mass is 10.0. The second kappa shape index (κ2) is 9.97. The first-order valence-corrected chi connectivity index (χ1v) is 8.88. The van der Waals surface area contributed by atoms with Crippen LogP contribution >= 0.6 is 0 Å². The number of benzene rings is 1. The lowest BCUT2D eigenvalue weighted by Crippen LogP contribution is -2.45. The fourth-order valence-corrected chi connectivity index (χ4v) is 3.24. The quantitative estimate of drug-likeness (QED) is 0.685. The number of nitrogens with zero attached hydrogens (tertiary/aromatic N) is 1. The lowest BCUT2D eigenvalue weighted by molar-refractivity contribution is 0.183. The van der Waals surface area contributed by atoms with Crippen molar-refractivity contribution in [1.82, 2.24) is 10.2 Å². The molecular formula is C19H32N2. The van der Waals surface area contributed by atoms with Gasteiger partial charge in [0.15, 0.2) is 0 Å². The van der Waals surface area contributed by atoms with E-state index in [1.54, 1.807) is 0 Å². The highest BCUT2D eigenvalue weighted by Crippen LogP contribution is 2.14. The van der Waals surface area contributed by atoms with E-state index in [9.17, 15) is 0 Å². The van der Waals surface area contributed by atoms with Crippen LogP contribution in [0.2, 0.25) is 0 Å². The highest BCUT2D eigenvalue weighted by Gasteiger charge is 2.19. The van der Waals surface area contributed by atoms with E-state index in [2.05, 4.69) is 47.5 Å². The molecule has 1 atom stereocenters. The Balaban J connectivity index is 1.62. The molecule has 1 fully saturated rings. The Bertz CT molecular complexity index is 363. The minimum atomic E-state index is 0.702. The van der Waals surface area contributed by atoms with Crippen molar-refractivity contribution in [2.75, 3.05) is 19.6 Å². The highest BCUT2D eigenvalue weighted by atomic mass is 15.2. The summed E-state index contributed by atoms with van der Waals surface area (Å²) >= 11 is 0. The second-order valence-corrected chi connectivity index (χ2v) is 6.43. The van der Waals surface area contributed by atoms with Crippen molar-refractivity contribution in [2.45, 2.75) is 64.5 Å². The minimum absolute atomic E-state index is 0.702. The van der Waals surface area contributed by atoms with Gasteiger partial charge in [-0.3, -0.25) is 4.90 Å². The minimum Gasteiger partial charge on any atom is -0.313 e. The summed E-state index contributed by atoms with van der Waals surface area (Å²) in [5, 5.41) is 3.77. The van der Waals surface area contributed by atoms with Crippen LogP contribution in [0.4, 0.5) is 0 Å². The molecule has 1 saturated heterocycles. The smallest absolute Gasteiger partial charge is 0.0234 e. The zero-order valence-corrected chi connectivity index (χ0v) is 13.7. The predicted molar refractivity (Wildman–Crippen MR) is 91.5 cm³/mol. The van der Waals surface area contributed by atoms with Crippen LogP contribution < -0.4 is 5.32 Å². The molecule has 1 aromatic rings. The third-order valence-corrected chi connectivity index (χ3v) is 4.47. The first-order valence-electron chi connectivity index (χ1n) is 8.88. The fraction of sp³-hybridized carbons (Fsp3) is 0.684. The molecule has 0 radical (unpaired) electrons. The summed E-state index contributed by atoms with van der Waals surface area (Å²) in [6.07, 6.45) is 9.55. The van der Waals surface area contributed by atoms with Gasteiger partial charge in [-0.15, -0.1) is 0 Å². The van der Waals surface area contributed by atoms with E-state index in [-0.39, 0.29) is 0 Å². The lowest BCUT2D eigenvalue weighted by Gasteiger charge is -2.33. The summed E-state index contributed by atoms with van der Waals surface area (Å²) < 4.78 is 0. The summed E-state index contributed by atoms with van der Waals surface area (Å²) in [4.78, 5) is 2.60. The van der Waals surface area contributed by atoms with Crippen LogP contribution in [0.5, 0.6) is 0 Å². The summed E-state index contributed by atoms with van der Waals surface area (Å²) in [6.45, 7) is 7.05. The number of hydrogen-bond donors (Lipinski definition) is 1. The molecule has 0 spiro atoms. The maximum Gasteiger partial charge on any atom is 0.0234 e. The van der Waals surface area contributed by atoms with Gasteiger partial charge in [0.1, 0.15) is 0 Å². The Hall–Kier alpha value is -0.860. The molecule has 1 aliphatic rings. The fourth-order valence-electron chi connectivity index (χ4n) is 3.24. The van der Waals surface area contributed by atoms with E-state index < -0.39 is 0 Å². The molecule has 1 unspecified atom stereocenters. The molecule has 0 amide bonds.